The quantitative estimate of drug-likeness (QED) is 0.424. The van der Waals surface area contributed by atoms with Crippen molar-refractivity contribution in [3.05, 3.63) is 83.2 Å². The topological polar surface area (TPSA) is 104 Å². The maximum atomic E-state index is 13.6. The van der Waals surface area contributed by atoms with Crippen molar-refractivity contribution in [2.45, 2.75) is 43.4 Å². The van der Waals surface area contributed by atoms with Crippen LogP contribution in [0.1, 0.15) is 47.3 Å². The second-order valence-corrected chi connectivity index (χ2v) is 12.6. The van der Waals surface area contributed by atoms with Crippen molar-refractivity contribution in [2.75, 3.05) is 31.1 Å². The van der Waals surface area contributed by atoms with Crippen LogP contribution in [-0.4, -0.2) is 59.9 Å². The van der Waals surface area contributed by atoms with Crippen LogP contribution in [0.4, 0.5) is 14.7 Å². The van der Waals surface area contributed by atoms with E-state index in [1.165, 1.54) is 16.1 Å². The standard InChI is InChI=1S/C29H32F2N4O4S/c30-23-16-24(31)18-25(17-23)40(38,39)35-12-8-22(9-13-35)15-27-26(28(36)37)19-32-29(33-27)34-10-6-21(7-11-34)14-20-4-2-1-3-5-20/h1-5,16-19,21-22H,6-15H2,(H,36,37). The maximum absolute atomic E-state index is 13.6. The minimum Gasteiger partial charge on any atom is -0.478 e. The molecule has 3 heterocycles. The molecular weight excluding hydrogens is 538 g/mol. The fourth-order valence-corrected chi connectivity index (χ4v) is 7.14. The van der Waals surface area contributed by atoms with E-state index in [2.05, 4.69) is 39.1 Å². The Bertz CT molecular complexity index is 1440. The Morgan fingerprint density at radius 3 is 2.12 bits per heavy atom. The molecule has 1 aromatic heterocycles. The molecule has 0 atom stereocenters. The number of benzene rings is 2. The average molecular weight is 571 g/mol. The summed E-state index contributed by atoms with van der Waals surface area (Å²) in [6, 6.07) is 12.7. The van der Waals surface area contributed by atoms with Crippen LogP contribution >= 0.6 is 0 Å². The number of carbonyl (C=O) groups is 1. The molecule has 2 aromatic carbocycles. The summed E-state index contributed by atoms with van der Waals surface area (Å²) in [6.07, 6.45) is 5.72. The molecule has 0 saturated carbocycles. The second kappa shape index (κ2) is 12.0. The lowest BCUT2D eigenvalue weighted by Crippen LogP contribution is -2.39. The third kappa shape index (κ3) is 6.47. The van der Waals surface area contributed by atoms with Gasteiger partial charge >= 0.3 is 5.97 Å². The van der Waals surface area contributed by atoms with Gasteiger partial charge in [-0.3, -0.25) is 0 Å². The van der Waals surface area contributed by atoms with Crippen LogP contribution in [0.5, 0.6) is 0 Å². The number of aromatic carboxylic acids is 1. The van der Waals surface area contributed by atoms with Crippen LogP contribution in [0.3, 0.4) is 0 Å². The fourth-order valence-electron chi connectivity index (χ4n) is 5.63. The summed E-state index contributed by atoms with van der Waals surface area (Å²) in [4.78, 5) is 22.6. The highest BCUT2D eigenvalue weighted by Crippen LogP contribution is 2.29. The highest BCUT2D eigenvalue weighted by atomic mass is 32.2. The van der Waals surface area contributed by atoms with Crippen molar-refractivity contribution >= 4 is 21.9 Å². The summed E-state index contributed by atoms with van der Waals surface area (Å²) in [7, 11) is -4.04. The van der Waals surface area contributed by atoms with Crippen LogP contribution in [0, 0.1) is 23.5 Å². The normalized spacial score (nSPS) is 17.7. The lowest BCUT2D eigenvalue weighted by atomic mass is 9.90. The average Bonchev–Trinajstić information content (AvgIpc) is 2.94. The molecule has 3 aromatic rings. The molecule has 8 nitrogen and oxygen atoms in total. The molecule has 40 heavy (non-hydrogen) atoms. The third-order valence-electron chi connectivity index (χ3n) is 7.88. The molecule has 0 spiro atoms. The van der Waals surface area contributed by atoms with Crippen LogP contribution in [0.2, 0.25) is 0 Å². The largest absolute Gasteiger partial charge is 0.478 e. The molecule has 11 heteroatoms. The van der Waals surface area contributed by atoms with E-state index in [1.54, 1.807) is 0 Å². The first kappa shape index (κ1) is 28.1. The molecular formula is C29H32F2N4O4S. The van der Waals surface area contributed by atoms with Gasteiger partial charge < -0.3 is 10.0 Å². The van der Waals surface area contributed by atoms with Gasteiger partial charge in [-0.1, -0.05) is 30.3 Å². The summed E-state index contributed by atoms with van der Waals surface area (Å²) in [5.41, 5.74) is 1.82. The molecule has 2 aliphatic rings. The van der Waals surface area contributed by atoms with E-state index in [4.69, 9.17) is 0 Å². The Balaban J connectivity index is 1.22. The van der Waals surface area contributed by atoms with E-state index in [9.17, 15) is 27.1 Å². The summed E-state index contributed by atoms with van der Waals surface area (Å²) >= 11 is 0. The van der Waals surface area contributed by atoms with Crippen molar-refractivity contribution < 1.29 is 27.1 Å². The Kier molecular flexibility index (Phi) is 8.41. The van der Waals surface area contributed by atoms with Gasteiger partial charge in [0.15, 0.2) is 0 Å². The first-order chi connectivity index (χ1) is 19.2. The van der Waals surface area contributed by atoms with Crippen molar-refractivity contribution in [2.24, 2.45) is 11.8 Å². The highest BCUT2D eigenvalue weighted by Gasteiger charge is 2.31. The van der Waals surface area contributed by atoms with Gasteiger partial charge in [0.25, 0.3) is 0 Å². The minimum atomic E-state index is -4.04. The number of anilines is 1. The summed E-state index contributed by atoms with van der Waals surface area (Å²) in [5.74, 6) is -1.90. The molecule has 2 saturated heterocycles. The van der Waals surface area contributed by atoms with Crippen LogP contribution < -0.4 is 4.90 Å². The Hall–Kier alpha value is -3.44. The Morgan fingerprint density at radius 1 is 0.900 bits per heavy atom. The molecule has 0 unspecified atom stereocenters. The number of sulfonamides is 1. The number of aromatic nitrogens is 2. The van der Waals surface area contributed by atoms with E-state index in [1.807, 2.05) is 6.07 Å². The van der Waals surface area contributed by atoms with Crippen molar-refractivity contribution in [1.29, 1.82) is 0 Å². The fraction of sp³-hybridized carbons (Fsp3) is 0.414. The molecule has 212 valence electrons. The van der Waals surface area contributed by atoms with Gasteiger partial charge in [-0.2, -0.15) is 4.31 Å². The van der Waals surface area contributed by atoms with Gasteiger partial charge in [0.05, 0.1) is 16.2 Å². The molecule has 2 aliphatic heterocycles. The van der Waals surface area contributed by atoms with Crippen molar-refractivity contribution in [3.63, 3.8) is 0 Å². The van der Waals surface area contributed by atoms with Gasteiger partial charge in [-0.15, -0.1) is 0 Å². The minimum absolute atomic E-state index is 0.00755. The second-order valence-electron chi connectivity index (χ2n) is 10.6. The summed E-state index contributed by atoms with van der Waals surface area (Å²) in [5, 5.41) is 9.75. The van der Waals surface area contributed by atoms with E-state index in [-0.39, 0.29) is 24.6 Å². The molecule has 0 aliphatic carbocycles. The van der Waals surface area contributed by atoms with Gasteiger partial charge in [-0.25, -0.2) is 32.0 Å². The zero-order chi connectivity index (χ0) is 28.3. The van der Waals surface area contributed by atoms with E-state index in [0.29, 0.717) is 42.9 Å². The predicted molar refractivity (Wildman–Crippen MR) is 146 cm³/mol. The number of hydrogen-bond donors (Lipinski definition) is 1. The first-order valence-corrected chi connectivity index (χ1v) is 15.0. The van der Waals surface area contributed by atoms with Crippen molar-refractivity contribution in [1.82, 2.24) is 14.3 Å². The van der Waals surface area contributed by atoms with Crippen molar-refractivity contribution in [3.8, 4) is 0 Å². The number of carboxylic acids is 1. The number of piperidine rings is 2. The van der Waals surface area contributed by atoms with Gasteiger partial charge in [0.2, 0.25) is 16.0 Å². The van der Waals surface area contributed by atoms with E-state index < -0.39 is 32.5 Å². The molecule has 0 radical (unpaired) electrons. The SMILES string of the molecule is O=C(O)c1cnc(N2CCC(Cc3ccccc3)CC2)nc1CC1CCN(S(=O)(=O)c2cc(F)cc(F)c2)CC1. The molecule has 1 N–H and O–H groups in total. The number of nitrogens with zero attached hydrogens (tertiary/aromatic N) is 4. The van der Waals surface area contributed by atoms with Gasteiger partial charge in [0.1, 0.15) is 11.6 Å². The van der Waals surface area contributed by atoms with Crippen LogP contribution in [-0.2, 0) is 22.9 Å². The highest BCUT2D eigenvalue weighted by molar-refractivity contribution is 7.89. The van der Waals surface area contributed by atoms with Gasteiger partial charge in [-0.05, 0) is 68.1 Å². The first-order valence-electron chi connectivity index (χ1n) is 13.5. The smallest absolute Gasteiger partial charge is 0.339 e. The number of halogens is 2. The summed E-state index contributed by atoms with van der Waals surface area (Å²) < 4.78 is 54.3. The lowest BCUT2D eigenvalue weighted by molar-refractivity contribution is 0.0694. The summed E-state index contributed by atoms with van der Waals surface area (Å²) in [6.45, 7) is 1.92. The molecule has 5 rings (SSSR count). The Morgan fingerprint density at radius 2 is 1.50 bits per heavy atom. The van der Waals surface area contributed by atoms with Crippen LogP contribution in [0.25, 0.3) is 0 Å². The number of rotatable bonds is 8. The monoisotopic (exact) mass is 570 g/mol. The van der Waals surface area contributed by atoms with E-state index >= 15 is 0 Å². The number of carboxylic acid groups (broad SMARTS) is 1. The molecule has 0 amide bonds. The number of hydrogen-bond acceptors (Lipinski definition) is 6. The zero-order valence-electron chi connectivity index (χ0n) is 22.0. The third-order valence-corrected chi connectivity index (χ3v) is 9.76. The molecule has 0 bridgehead atoms. The van der Waals surface area contributed by atoms with Gasteiger partial charge in [0, 0.05) is 38.4 Å². The molecule has 2 fully saturated rings. The van der Waals surface area contributed by atoms with Crippen LogP contribution in [0.15, 0.2) is 59.6 Å². The lowest BCUT2D eigenvalue weighted by Gasteiger charge is -2.33. The predicted octanol–water partition coefficient (Wildman–Crippen LogP) is 4.56. The van der Waals surface area contributed by atoms with E-state index in [0.717, 1.165) is 44.5 Å². The Labute approximate surface area is 232 Å². The zero-order valence-corrected chi connectivity index (χ0v) is 22.9. The maximum Gasteiger partial charge on any atom is 0.339 e.